The normalized spacial score (nSPS) is 24.9. The second-order valence-corrected chi connectivity index (χ2v) is 34.9. The van der Waals surface area contributed by atoms with Gasteiger partial charge >= 0.3 is 0 Å². The van der Waals surface area contributed by atoms with Gasteiger partial charge in [-0.15, -0.1) is 11.8 Å². The Bertz CT molecular complexity index is 3880. The summed E-state index contributed by atoms with van der Waals surface area (Å²) in [5.41, 5.74) is 8.20. The highest BCUT2D eigenvalue weighted by Crippen LogP contribution is 2.42. The number of hydrogen-bond donors (Lipinski definition) is 0. The van der Waals surface area contributed by atoms with Crippen molar-refractivity contribution in [2.75, 3.05) is 25.6 Å². The molecule has 3 aliphatic rings. The van der Waals surface area contributed by atoms with E-state index < -0.39 is 99.6 Å². The maximum Gasteiger partial charge on any atom is 0.192 e. The summed E-state index contributed by atoms with van der Waals surface area (Å²) in [7, 11) is -2.49. The number of thioether (sulfide) groups is 1. The van der Waals surface area contributed by atoms with E-state index in [1.54, 1.807) is 11.8 Å². The van der Waals surface area contributed by atoms with Gasteiger partial charge in [0.15, 0.2) is 20.9 Å². The van der Waals surface area contributed by atoms with Crippen molar-refractivity contribution < 1.29 is 70.7 Å². The highest BCUT2D eigenvalue weighted by Gasteiger charge is 2.56. The van der Waals surface area contributed by atoms with E-state index in [2.05, 4.69) is 101 Å². The van der Waals surface area contributed by atoms with Gasteiger partial charge in [-0.05, 0) is 74.0 Å². The van der Waals surface area contributed by atoms with Crippen LogP contribution >= 0.6 is 11.8 Å². The zero-order chi connectivity index (χ0) is 73.2. The Kier molecular flexibility index (Phi) is 29.9. The van der Waals surface area contributed by atoms with Crippen molar-refractivity contribution in [2.24, 2.45) is 0 Å². The lowest BCUT2D eigenvalue weighted by Gasteiger charge is -2.51. The molecule has 560 valence electrons. The fourth-order valence-electron chi connectivity index (χ4n) is 13.1. The maximum absolute atomic E-state index is 7.96. The molecule has 0 spiro atoms. The monoisotopic (exact) mass is 1470 g/mol. The van der Waals surface area contributed by atoms with E-state index in [-0.39, 0.29) is 71.1 Å². The van der Waals surface area contributed by atoms with Crippen LogP contribution in [0, 0.1) is 0 Å². The van der Waals surface area contributed by atoms with E-state index >= 15 is 0 Å². The minimum atomic E-state index is -2.49. The molecule has 17 heteroatoms. The summed E-state index contributed by atoms with van der Waals surface area (Å²) in [5.74, 6) is 0.715. The van der Waals surface area contributed by atoms with Gasteiger partial charge < -0.3 is 70.7 Å². The third-order valence-corrected chi connectivity index (χ3v) is 25.5. The molecule has 12 rings (SSSR count). The SMILES string of the molecule is CCS[C@H]1O[C@H](CO[C@H]2O[C@H](COCc3ccccc3)[C@@H](OCc3ccccc3)[C@H](OCc3ccccc3)[C@@H]2O[C@H]2O[C@H](CO[Si](C)(C)C(C)(C)C)[C@@H](OCc3ccccc3)[C@H](OCc3ccccc3)[C@@H]2OCc2ccccc2)[C@@H](OCc2ccccc2)[C@H](OCc2ccccc2)[C@@H]1OCc1ccccc1. The number of benzene rings is 9. The average molecular weight is 1470 g/mol. The predicted octanol–water partition coefficient (Wildman–Crippen LogP) is 17.2. The average Bonchev–Trinajstić information content (AvgIpc) is 0.771. The van der Waals surface area contributed by atoms with Gasteiger partial charge in [0, 0.05) is 0 Å². The van der Waals surface area contributed by atoms with Crippen molar-refractivity contribution in [3.05, 3.63) is 323 Å². The molecule has 3 fully saturated rings. The van der Waals surface area contributed by atoms with E-state index in [0.717, 1.165) is 50.1 Å². The molecule has 0 N–H and O–H groups in total. The molecule has 3 aliphatic heterocycles. The lowest BCUT2D eigenvalue weighted by atomic mass is 9.95. The Morgan fingerprint density at radius 1 is 0.292 bits per heavy atom. The molecule has 0 radical (unpaired) electrons. The second kappa shape index (κ2) is 40.4. The first-order chi connectivity index (χ1) is 51.9. The van der Waals surface area contributed by atoms with Crippen molar-refractivity contribution >= 4 is 20.1 Å². The van der Waals surface area contributed by atoms with Gasteiger partial charge in [0.05, 0.1) is 79.3 Å². The van der Waals surface area contributed by atoms with Crippen LogP contribution in [0.2, 0.25) is 18.1 Å². The van der Waals surface area contributed by atoms with Gasteiger partial charge in [-0.2, -0.15) is 0 Å². The first kappa shape index (κ1) is 78.5. The highest BCUT2D eigenvalue weighted by atomic mass is 32.2. The van der Waals surface area contributed by atoms with Crippen LogP contribution < -0.4 is 0 Å². The minimum Gasteiger partial charge on any atom is -0.414 e. The van der Waals surface area contributed by atoms with Crippen molar-refractivity contribution in [3.8, 4) is 0 Å². The fraction of sp³-hybridized carbons (Fsp3) is 0.393. The van der Waals surface area contributed by atoms with Crippen LogP contribution in [-0.2, 0) is 130 Å². The molecule has 9 aromatic rings. The van der Waals surface area contributed by atoms with Crippen molar-refractivity contribution in [2.45, 2.75) is 197 Å². The molecule has 0 aromatic heterocycles. The van der Waals surface area contributed by atoms with E-state index in [9.17, 15) is 0 Å². The largest absolute Gasteiger partial charge is 0.414 e. The Labute approximate surface area is 632 Å². The number of rotatable bonds is 38. The molecular weight excluding hydrogens is 1370 g/mol. The molecule has 106 heavy (non-hydrogen) atoms. The molecular formula is C89H104O15SSi. The number of ether oxygens (including phenoxy) is 14. The fourth-order valence-corrected chi connectivity index (χ4v) is 15.1. The molecule has 0 unspecified atom stereocenters. The third-order valence-electron chi connectivity index (χ3n) is 19.9. The zero-order valence-electron chi connectivity index (χ0n) is 61.9. The molecule has 3 heterocycles. The highest BCUT2D eigenvalue weighted by molar-refractivity contribution is 7.99. The molecule has 0 amide bonds. The summed E-state index contributed by atoms with van der Waals surface area (Å²) >= 11 is 1.65. The maximum atomic E-state index is 7.96. The zero-order valence-corrected chi connectivity index (χ0v) is 63.7. The first-order valence-corrected chi connectivity index (χ1v) is 41.2. The van der Waals surface area contributed by atoms with Crippen LogP contribution in [-0.4, -0.2) is 125 Å². The second-order valence-electron chi connectivity index (χ2n) is 28.7. The molecule has 0 bridgehead atoms. The van der Waals surface area contributed by atoms with Crippen LogP contribution in [0.15, 0.2) is 273 Å². The molecule has 9 aromatic carbocycles. The standard InChI is InChI=1S/C89H104O15SSi/c1-7-105-88-85(98-61-73-51-33-16-34-52-73)82(96-59-71-47-29-14-30-48-71)78(92-55-67-39-21-10-22-40-67)75(103-88)63-99-86-84(81(95-58-70-45-27-13-28-46-70)77(91-54-66-37-19-9-20-38-66)74(101-86)62-90-53-65-35-17-8-18-36-65)104-87-83(97-60-72-49-31-15-32-50-72)80(94-57-69-43-25-12-26-44-69)79(93-56-68-41-23-11-24-42-68)76(102-87)64-100-106(5,6)89(2,3)4/h8-52,74-88H,7,53-64H2,1-6H3/t74-,75-,76-,77-,78-,79-,80+,81+,82+,83+,84+,85+,86+,87-,88-/m1/s1. The quantitative estimate of drug-likeness (QED) is 0.0339. The Morgan fingerprint density at radius 3 is 0.906 bits per heavy atom. The van der Waals surface area contributed by atoms with Crippen molar-refractivity contribution in [3.63, 3.8) is 0 Å². The van der Waals surface area contributed by atoms with E-state index in [4.69, 9.17) is 70.7 Å². The molecule has 15 atom stereocenters. The van der Waals surface area contributed by atoms with Gasteiger partial charge in [0.2, 0.25) is 0 Å². The predicted molar refractivity (Wildman–Crippen MR) is 414 cm³/mol. The summed E-state index contributed by atoms with van der Waals surface area (Å²) in [6, 6.07) is 91.2. The molecule has 3 saturated heterocycles. The summed E-state index contributed by atoms with van der Waals surface area (Å²) in [6.45, 7) is 15.6. The van der Waals surface area contributed by atoms with Gasteiger partial charge in [0.1, 0.15) is 78.7 Å². The number of hydrogen-bond acceptors (Lipinski definition) is 16. The topological polar surface area (TPSA) is 138 Å². The van der Waals surface area contributed by atoms with E-state index in [1.807, 2.05) is 212 Å². The minimum absolute atomic E-state index is 0.0748. The smallest absolute Gasteiger partial charge is 0.192 e. The lowest BCUT2D eigenvalue weighted by molar-refractivity contribution is -0.385. The van der Waals surface area contributed by atoms with E-state index in [0.29, 0.717) is 19.0 Å². The van der Waals surface area contributed by atoms with Gasteiger partial charge in [-0.1, -0.05) is 301 Å². The molecule has 0 saturated carbocycles. The van der Waals surface area contributed by atoms with Crippen LogP contribution in [0.25, 0.3) is 0 Å². The van der Waals surface area contributed by atoms with Crippen LogP contribution in [0.5, 0.6) is 0 Å². The summed E-state index contributed by atoms with van der Waals surface area (Å²) in [5, 5.41) is -0.154. The first-order valence-electron chi connectivity index (χ1n) is 37.3. The van der Waals surface area contributed by atoms with Crippen molar-refractivity contribution in [1.82, 2.24) is 0 Å². The van der Waals surface area contributed by atoms with Gasteiger partial charge in [-0.3, -0.25) is 0 Å². The third kappa shape index (κ3) is 22.8. The van der Waals surface area contributed by atoms with Crippen LogP contribution in [0.3, 0.4) is 0 Å². The Morgan fingerprint density at radius 2 is 0.566 bits per heavy atom. The molecule has 15 nitrogen and oxygen atoms in total. The van der Waals surface area contributed by atoms with Gasteiger partial charge in [-0.25, -0.2) is 0 Å². The Balaban J connectivity index is 0.987. The summed E-state index contributed by atoms with van der Waals surface area (Å²) < 4.78 is 111. The lowest BCUT2D eigenvalue weighted by Crippen LogP contribution is -2.67. The van der Waals surface area contributed by atoms with Crippen molar-refractivity contribution in [1.29, 1.82) is 0 Å². The van der Waals surface area contributed by atoms with E-state index in [1.165, 1.54) is 0 Å². The van der Waals surface area contributed by atoms with Crippen LogP contribution in [0.4, 0.5) is 0 Å². The Hall–Kier alpha value is -7.05. The van der Waals surface area contributed by atoms with Crippen LogP contribution in [0.1, 0.15) is 77.8 Å². The van der Waals surface area contributed by atoms with Gasteiger partial charge in [0.25, 0.3) is 0 Å². The summed E-state index contributed by atoms with van der Waals surface area (Å²) in [6.07, 6.45) is -12.5. The summed E-state index contributed by atoms with van der Waals surface area (Å²) in [4.78, 5) is 0. The molecule has 0 aliphatic carbocycles.